The average Bonchev–Trinajstić information content (AvgIpc) is 2.82. The number of ketones is 2. The van der Waals surface area contributed by atoms with E-state index in [2.05, 4.69) is 9.62 Å². The van der Waals surface area contributed by atoms with Crippen LogP contribution in [-0.4, -0.2) is 56.1 Å². The van der Waals surface area contributed by atoms with Gasteiger partial charge < -0.3 is 4.74 Å². The lowest BCUT2D eigenvalue weighted by molar-refractivity contribution is -0.384. The average molecular weight is 484 g/mol. The third-order valence-electron chi connectivity index (χ3n) is 5.47. The van der Waals surface area contributed by atoms with Crippen molar-refractivity contribution in [3.8, 4) is 0 Å². The Labute approximate surface area is 195 Å². The quantitative estimate of drug-likeness (QED) is 0.360. The molecule has 1 aliphatic heterocycles. The van der Waals surface area contributed by atoms with Crippen LogP contribution < -0.4 is 4.72 Å². The van der Waals surface area contributed by atoms with Crippen LogP contribution in [0.4, 0.5) is 11.4 Å². The van der Waals surface area contributed by atoms with Gasteiger partial charge in [0, 0.05) is 37.3 Å². The maximum atomic E-state index is 13.1. The van der Waals surface area contributed by atoms with E-state index in [-0.39, 0.29) is 33.4 Å². The highest BCUT2D eigenvalue weighted by molar-refractivity contribution is 7.92. The van der Waals surface area contributed by atoms with Crippen molar-refractivity contribution in [2.45, 2.75) is 11.4 Å². The van der Waals surface area contributed by atoms with Crippen molar-refractivity contribution in [2.24, 2.45) is 0 Å². The summed E-state index contributed by atoms with van der Waals surface area (Å²) in [5.41, 5.74) is 1.25. The Kier molecular flexibility index (Phi) is 6.68. The summed E-state index contributed by atoms with van der Waals surface area (Å²) in [6.07, 6.45) is 3.57. The largest absolute Gasteiger partial charge is 0.379 e. The molecule has 1 saturated heterocycles. The fourth-order valence-corrected chi connectivity index (χ4v) is 4.75. The first-order chi connectivity index (χ1) is 16.2. The van der Waals surface area contributed by atoms with Crippen LogP contribution in [-0.2, 0) is 30.9 Å². The van der Waals surface area contributed by atoms with Gasteiger partial charge in [-0.1, -0.05) is 12.1 Å². The number of nitro groups is 1. The first kappa shape index (κ1) is 23.5. The first-order valence-corrected chi connectivity index (χ1v) is 11.9. The molecule has 176 valence electrons. The van der Waals surface area contributed by atoms with E-state index < -0.39 is 14.9 Å². The van der Waals surface area contributed by atoms with Crippen molar-refractivity contribution >= 4 is 38.5 Å². The van der Waals surface area contributed by atoms with Crippen LogP contribution in [0.15, 0.2) is 65.6 Å². The predicted octanol–water partition coefficient (Wildman–Crippen LogP) is 2.32. The van der Waals surface area contributed by atoms with Gasteiger partial charge in [-0.25, -0.2) is 8.42 Å². The Balaban J connectivity index is 1.70. The van der Waals surface area contributed by atoms with Gasteiger partial charge in [0.05, 0.1) is 28.7 Å². The van der Waals surface area contributed by atoms with Crippen LogP contribution in [0.2, 0.25) is 0 Å². The smallest absolute Gasteiger partial charge is 0.269 e. The van der Waals surface area contributed by atoms with E-state index >= 15 is 0 Å². The topological polar surface area (TPSA) is 136 Å². The van der Waals surface area contributed by atoms with Crippen LogP contribution in [0.1, 0.15) is 11.1 Å². The van der Waals surface area contributed by atoms with Gasteiger partial charge in [0.2, 0.25) is 0 Å². The third kappa shape index (κ3) is 5.28. The normalized spacial score (nSPS) is 16.9. The Morgan fingerprint density at radius 1 is 1.03 bits per heavy atom. The molecule has 1 fully saturated rings. The molecule has 4 rings (SSSR count). The number of nitrogens with zero attached hydrogens (tertiary/aromatic N) is 2. The molecule has 0 aromatic heterocycles. The number of nitrogens with one attached hydrogen (secondary N) is 1. The number of hydrogen-bond acceptors (Lipinski definition) is 8. The molecule has 2 aromatic carbocycles. The molecule has 1 aliphatic carbocycles. The number of anilines is 1. The molecule has 0 radical (unpaired) electrons. The SMILES string of the molecule is O=C1C=CC(=O)C(c2ccc(CN3CCOCC3)c(NS(=O)(=O)c3ccc([N+](=O)[O-])cc3)c2)=C1. The number of rotatable bonds is 7. The zero-order chi connectivity index (χ0) is 24.3. The fraction of sp³-hybridized carbons (Fsp3) is 0.217. The fourth-order valence-electron chi connectivity index (χ4n) is 3.66. The highest BCUT2D eigenvalue weighted by atomic mass is 32.2. The molecule has 0 atom stereocenters. The maximum Gasteiger partial charge on any atom is 0.269 e. The van der Waals surface area contributed by atoms with Crippen molar-refractivity contribution in [2.75, 3.05) is 31.0 Å². The lowest BCUT2D eigenvalue weighted by Gasteiger charge is -2.27. The van der Waals surface area contributed by atoms with Crippen molar-refractivity contribution in [3.05, 3.63) is 81.9 Å². The summed E-state index contributed by atoms with van der Waals surface area (Å²) < 4.78 is 34.1. The zero-order valence-corrected chi connectivity index (χ0v) is 18.8. The number of sulfonamides is 1. The molecular weight excluding hydrogens is 462 g/mol. The van der Waals surface area contributed by atoms with Gasteiger partial charge in [-0.15, -0.1) is 0 Å². The number of allylic oxidation sites excluding steroid dienone is 4. The number of benzene rings is 2. The molecule has 1 N–H and O–H groups in total. The summed E-state index contributed by atoms with van der Waals surface area (Å²) in [5.74, 6) is -0.690. The zero-order valence-electron chi connectivity index (χ0n) is 18.0. The van der Waals surface area contributed by atoms with E-state index in [4.69, 9.17) is 4.74 Å². The monoisotopic (exact) mass is 483 g/mol. The van der Waals surface area contributed by atoms with E-state index in [9.17, 15) is 28.1 Å². The molecule has 34 heavy (non-hydrogen) atoms. The number of carbonyl (C=O) groups is 2. The van der Waals surface area contributed by atoms with E-state index in [1.807, 2.05) is 0 Å². The predicted molar refractivity (Wildman–Crippen MR) is 124 cm³/mol. The number of nitro benzene ring substituents is 1. The molecule has 10 nitrogen and oxygen atoms in total. The minimum Gasteiger partial charge on any atom is -0.379 e. The molecular formula is C23H21N3O7S. The van der Waals surface area contributed by atoms with E-state index in [0.717, 1.165) is 24.3 Å². The second-order valence-corrected chi connectivity index (χ2v) is 9.46. The molecule has 0 amide bonds. The Bertz CT molecular complexity index is 1310. The molecule has 0 bridgehead atoms. The van der Waals surface area contributed by atoms with Crippen LogP contribution in [0.5, 0.6) is 0 Å². The van der Waals surface area contributed by atoms with E-state index in [1.54, 1.807) is 12.1 Å². The Hall–Kier alpha value is -3.67. The van der Waals surface area contributed by atoms with Gasteiger partial charge in [-0.3, -0.25) is 29.3 Å². The van der Waals surface area contributed by atoms with Gasteiger partial charge in [-0.2, -0.15) is 0 Å². The number of ether oxygens (including phenoxy) is 1. The van der Waals surface area contributed by atoms with E-state index in [0.29, 0.717) is 44.0 Å². The third-order valence-corrected chi connectivity index (χ3v) is 6.85. The van der Waals surface area contributed by atoms with Crippen molar-refractivity contribution in [1.82, 2.24) is 4.90 Å². The summed E-state index contributed by atoms with van der Waals surface area (Å²) >= 11 is 0. The summed E-state index contributed by atoms with van der Waals surface area (Å²) in [6, 6.07) is 9.46. The van der Waals surface area contributed by atoms with Gasteiger partial charge in [0.1, 0.15) is 0 Å². The van der Waals surface area contributed by atoms with Crippen LogP contribution in [0, 0.1) is 10.1 Å². The molecule has 2 aromatic rings. The van der Waals surface area contributed by atoms with Gasteiger partial charge in [0.15, 0.2) is 11.6 Å². The summed E-state index contributed by atoms with van der Waals surface area (Å²) in [6.45, 7) is 2.93. The second-order valence-electron chi connectivity index (χ2n) is 7.77. The lowest BCUT2D eigenvalue weighted by atomic mass is 9.95. The molecule has 2 aliphatic rings. The summed E-state index contributed by atoms with van der Waals surface area (Å²) in [5, 5.41) is 10.9. The van der Waals surface area contributed by atoms with Crippen molar-refractivity contribution < 1.29 is 27.7 Å². The molecule has 11 heteroatoms. The van der Waals surface area contributed by atoms with Gasteiger partial charge >= 0.3 is 0 Å². The number of morpholine rings is 1. The minimum absolute atomic E-state index is 0.146. The molecule has 0 saturated carbocycles. The Morgan fingerprint density at radius 3 is 2.41 bits per heavy atom. The molecule has 0 spiro atoms. The van der Waals surface area contributed by atoms with Crippen molar-refractivity contribution in [3.63, 3.8) is 0 Å². The number of hydrogen-bond donors (Lipinski definition) is 1. The highest BCUT2D eigenvalue weighted by Crippen LogP contribution is 2.29. The van der Waals surface area contributed by atoms with Crippen LogP contribution >= 0.6 is 0 Å². The van der Waals surface area contributed by atoms with Gasteiger partial charge in [0.25, 0.3) is 15.7 Å². The van der Waals surface area contributed by atoms with Gasteiger partial charge in [-0.05, 0) is 47.6 Å². The van der Waals surface area contributed by atoms with E-state index in [1.165, 1.54) is 24.3 Å². The summed E-state index contributed by atoms with van der Waals surface area (Å²) in [7, 11) is -4.09. The number of non-ortho nitro benzene ring substituents is 1. The molecule has 1 heterocycles. The maximum absolute atomic E-state index is 13.1. The highest BCUT2D eigenvalue weighted by Gasteiger charge is 2.22. The minimum atomic E-state index is -4.09. The lowest BCUT2D eigenvalue weighted by Crippen LogP contribution is -2.35. The van der Waals surface area contributed by atoms with Crippen LogP contribution in [0.3, 0.4) is 0 Å². The van der Waals surface area contributed by atoms with Crippen LogP contribution in [0.25, 0.3) is 5.57 Å². The second kappa shape index (κ2) is 9.67. The summed E-state index contributed by atoms with van der Waals surface area (Å²) in [4.78, 5) is 36.4. The molecule has 0 unspecified atom stereocenters. The number of carbonyl (C=O) groups excluding carboxylic acids is 2. The first-order valence-electron chi connectivity index (χ1n) is 10.4. The van der Waals surface area contributed by atoms with Crippen molar-refractivity contribution in [1.29, 1.82) is 0 Å². The standard InChI is InChI=1S/C23H21N3O7S/c27-19-5-8-23(28)21(14-19)16-1-2-17(15-25-9-11-33-12-10-25)22(13-16)24-34(31,32)20-6-3-18(4-7-20)26(29)30/h1-8,13-14,24H,9-12,15H2. The Morgan fingerprint density at radius 2 is 1.74 bits per heavy atom.